The van der Waals surface area contributed by atoms with E-state index in [2.05, 4.69) is 39.2 Å². The second-order valence-corrected chi connectivity index (χ2v) is 6.69. The molecule has 8 heteroatoms. The molecular formula is C20H27ClIN5O. The number of halogens is 2. The van der Waals surface area contributed by atoms with Gasteiger partial charge in [-0.1, -0.05) is 29.8 Å². The molecule has 1 aromatic heterocycles. The van der Waals surface area contributed by atoms with Crippen LogP contribution in [0.3, 0.4) is 0 Å². The van der Waals surface area contributed by atoms with Crippen molar-refractivity contribution >= 4 is 47.2 Å². The van der Waals surface area contributed by atoms with Crippen LogP contribution in [0.4, 0.5) is 5.69 Å². The molecule has 6 nitrogen and oxygen atoms in total. The number of pyridine rings is 1. The highest BCUT2D eigenvalue weighted by atomic mass is 127. The first-order valence-corrected chi connectivity index (χ1v) is 9.60. The maximum Gasteiger partial charge on any atom is 0.194 e. The summed E-state index contributed by atoms with van der Waals surface area (Å²) in [6, 6.07) is 11.9. The largest absolute Gasteiger partial charge is 0.495 e. The summed E-state index contributed by atoms with van der Waals surface area (Å²) in [6.07, 6.45) is 1.77. The van der Waals surface area contributed by atoms with E-state index in [4.69, 9.17) is 21.3 Å². The Morgan fingerprint density at radius 3 is 2.57 bits per heavy atom. The minimum atomic E-state index is 0. The molecule has 2 aromatic rings. The molecule has 0 atom stereocenters. The van der Waals surface area contributed by atoms with Crippen molar-refractivity contribution in [2.75, 3.05) is 44.7 Å². The second-order valence-electron chi connectivity index (χ2n) is 6.31. The molecule has 1 fully saturated rings. The molecular weight excluding hydrogens is 489 g/mol. The zero-order valence-electron chi connectivity index (χ0n) is 16.3. The number of ether oxygens (including phenoxy) is 1. The van der Waals surface area contributed by atoms with Gasteiger partial charge in [0.2, 0.25) is 0 Å². The van der Waals surface area contributed by atoms with E-state index >= 15 is 0 Å². The molecule has 0 saturated carbocycles. The number of nitrogens with one attached hydrogen (secondary N) is 1. The lowest BCUT2D eigenvalue weighted by Gasteiger charge is -2.38. The summed E-state index contributed by atoms with van der Waals surface area (Å²) < 4.78 is 5.50. The molecule has 0 radical (unpaired) electrons. The zero-order chi connectivity index (χ0) is 19.1. The van der Waals surface area contributed by atoms with E-state index in [9.17, 15) is 0 Å². The van der Waals surface area contributed by atoms with Crippen LogP contribution >= 0.6 is 35.6 Å². The molecule has 1 aliphatic rings. The van der Waals surface area contributed by atoms with E-state index in [1.165, 1.54) is 0 Å². The smallest absolute Gasteiger partial charge is 0.194 e. The number of benzene rings is 1. The lowest BCUT2D eigenvalue weighted by atomic mass is 10.2. The van der Waals surface area contributed by atoms with Crippen LogP contribution in [-0.2, 0) is 6.54 Å². The van der Waals surface area contributed by atoms with Crippen molar-refractivity contribution in [3.63, 3.8) is 0 Å². The number of rotatable bonds is 5. The van der Waals surface area contributed by atoms with Crippen molar-refractivity contribution in [2.24, 2.45) is 4.99 Å². The van der Waals surface area contributed by atoms with Crippen molar-refractivity contribution < 1.29 is 4.74 Å². The third kappa shape index (κ3) is 5.88. The number of methoxy groups -OCH3 is 1. The van der Waals surface area contributed by atoms with Crippen LogP contribution in [-0.4, -0.2) is 55.7 Å². The molecule has 28 heavy (non-hydrogen) atoms. The minimum absolute atomic E-state index is 0. The first-order valence-electron chi connectivity index (χ1n) is 9.23. The van der Waals surface area contributed by atoms with Crippen LogP contribution in [0.15, 0.2) is 47.6 Å². The molecule has 1 aliphatic heterocycles. The second kappa shape index (κ2) is 11.3. The van der Waals surface area contributed by atoms with Gasteiger partial charge in [-0.2, -0.15) is 0 Å². The van der Waals surface area contributed by atoms with Gasteiger partial charge in [-0.25, -0.2) is 9.98 Å². The van der Waals surface area contributed by atoms with Gasteiger partial charge < -0.3 is 19.9 Å². The topological polar surface area (TPSA) is 53.0 Å². The molecule has 152 valence electrons. The molecule has 0 bridgehead atoms. The summed E-state index contributed by atoms with van der Waals surface area (Å²) in [5.41, 5.74) is 2.19. The van der Waals surface area contributed by atoms with Crippen LogP contribution in [0.25, 0.3) is 0 Å². The Morgan fingerprint density at radius 1 is 1.18 bits per heavy atom. The predicted molar refractivity (Wildman–Crippen MR) is 126 cm³/mol. The average Bonchev–Trinajstić information content (AvgIpc) is 2.72. The molecule has 0 aliphatic carbocycles. The van der Waals surface area contributed by atoms with Gasteiger partial charge in [0.15, 0.2) is 5.96 Å². The number of aromatic nitrogens is 1. The summed E-state index contributed by atoms with van der Waals surface area (Å²) in [6.45, 7) is 7.17. The van der Waals surface area contributed by atoms with Crippen LogP contribution in [0.5, 0.6) is 5.75 Å². The Kier molecular flexibility index (Phi) is 9.11. The fourth-order valence-corrected chi connectivity index (χ4v) is 3.25. The van der Waals surface area contributed by atoms with Crippen molar-refractivity contribution in [1.82, 2.24) is 15.2 Å². The van der Waals surface area contributed by atoms with Gasteiger partial charge in [0.05, 0.1) is 19.3 Å². The summed E-state index contributed by atoms with van der Waals surface area (Å²) >= 11 is 5.85. The fourth-order valence-electron chi connectivity index (χ4n) is 3.14. The highest BCUT2D eigenvalue weighted by Crippen LogP contribution is 2.28. The quantitative estimate of drug-likeness (QED) is 0.285. The lowest BCUT2D eigenvalue weighted by Crippen LogP contribution is -2.52. The number of anilines is 1. The van der Waals surface area contributed by atoms with E-state index in [-0.39, 0.29) is 24.0 Å². The number of hydrogen-bond acceptors (Lipinski definition) is 4. The Labute approximate surface area is 189 Å². The zero-order valence-corrected chi connectivity index (χ0v) is 19.4. The molecule has 1 N–H and O–H groups in total. The van der Waals surface area contributed by atoms with Gasteiger partial charge in [-0.3, -0.25) is 0 Å². The minimum Gasteiger partial charge on any atom is -0.495 e. The van der Waals surface area contributed by atoms with Gasteiger partial charge in [-0.15, -0.1) is 24.0 Å². The van der Waals surface area contributed by atoms with Crippen LogP contribution < -0.4 is 15.0 Å². The van der Waals surface area contributed by atoms with Crippen molar-refractivity contribution in [3.05, 3.63) is 53.3 Å². The lowest BCUT2D eigenvalue weighted by molar-refractivity contribution is 0.367. The highest BCUT2D eigenvalue weighted by Gasteiger charge is 2.21. The van der Waals surface area contributed by atoms with E-state index < -0.39 is 0 Å². The molecule has 1 aromatic carbocycles. The summed E-state index contributed by atoms with van der Waals surface area (Å²) in [5.74, 6) is 1.86. The first kappa shape index (κ1) is 22.5. The maximum atomic E-state index is 5.85. The van der Waals surface area contributed by atoms with Crippen LogP contribution in [0.2, 0.25) is 5.15 Å². The van der Waals surface area contributed by atoms with E-state index in [1.54, 1.807) is 19.4 Å². The molecule has 0 amide bonds. The summed E-state index contributed by atoms with van der Waals surface area (Å²) in [7, 11) is 1.72. The van der Waals surface area contributed by atoms with Gasteiger partial charge in [-0.05, 0) is 30.7 Å². The third-order valence-electron chi connectivity index (χ3n) is 4.54. The number of para-hydroxylation sites is 2. The molecule has 1 saturated heterocycles. The summed E-state index contributed by atoms with van der Waals surface area (Å²) in [4.78, 5) is 13.6. The van der Waals surface area contributed by atoms with Crippen LogP contribution in [0, 0.1) is 0 Å². The normalized spacial score (nSPS) is 14.5. The van der Waals surface area contributed by atoms with Crippen molar-refractivity contribution in [1.29, 1.82) is 0 Å². The molecule has 2 heterocycles. The predicted octanol–water partition coefficient (Wildman–Crippen LogP) is 3.65. The number of aliphatic imine (C=N–C) groups is 1. The Bertz CT molecular complexity index is 763. The molecule has 0 spiro atoms. The highest BCUT2D eigenvalue weighted by molar-refractivity contribution is 14.0. The maximum absolute atomic E-state index is 5.85. The fraction of sp³-hybridized carbons (Fsp3) is 0.400. The average molecular weight is 516 g/mol. The number of piperazine rings is 1. The number of guanidine groups is 1. The van der Waals surface area contributed by atoms with Gasteiger partial charge in [0.1, 0.15) is 10.9 Å². The monoisotopic (exact) mass is 515 g/mol. The molecule has 3 rings (SSSR count). The Hall–Kier alpha value is -1.74. The summed E-state index contributed by atoms with van der Waals surface area (Å²) in [5, 5.41) is 3.90. The van der Waals surface area contributed by atoms with Gasteiger partial charge in [0, 0.05) is 38.9 Å². The van der Waals surface area contributed by atoms with Crippen molar-refractivity contribution in [2.45, 2.75) is 13.5 Å². The standard InChI is InChI=1S/C20H26ClN5O.HI/c1-3-22-20(24-15-16-8-9-19(21)23-14-16)26-12-10-25(11-13-26)17-6-4-5-7-18(17)27-2;/h4-9,14H,3,10-13,15H2,1-2H3,(H,22,24);1H. The Morgan fingerprint density at radius 2 is 1.93 bits per heavy atom. The third-order valence-corrected chi connectivity index (χ3v) is 4.76. The number of hydrogen-bond donors (Lipinski definition) is 1. The Balaban J connectivity index is 0.00000280. The van der Waals surface area contributed by atoms with Crippen molar-refractivity contribution in [3.8, 4) is 5.75 Å². The number of nitrogens with zero attached hydrogens (tertiary/aromatic N) is 4. The van der Waals surface area contributed by atoms with E-state index in [0.717, 1.165) is 55.7 Å². The van der Waals surface area contributed by atoms with E-state index in [0.29, 0.717) is 11.7 Å². The van der Waals surface area contributed by atoms with Crippen LogP contribution in [0.1, 0.15) is 12.5 Å². The van der Waals surface area contributed by atoms with E-state index in [1.807, 2.05) is 18.2 Å². The van der Waals surface area contributed by atoms with Gasteiger partial charge >= 0.3 is 0 Å². The van der Waals surface area contributed by atoms with Gasteiger partial charge in [0.25, 0.3) is 0 Å². The molecule has 0 unspecified atom stereocenters. The SMILES string of the molecule is CCNC(=NCc1ccc(Cl)nc1)N1CCN(c2ccccc2OC)CC1.I. The first-order chi connectivity index (χ1) is 13.2.